The Bertz CT molecular complexity index is 510. The Hall–Kier alpha value is -1.13. The summed E-state index contributed by atoms with van der Waals surface area (Å²) in [5, 5.41) is -0.0974. The summed E-state index contributed by atoms with van der Waals surface area (Å²) in [7, 11) is 1.73. The summed E-state index contributed by atoms with van der Waals surface area (Å²) >= 11 is 6.19. The number of rotatable bonds is 6. The molecule has 0 bridgehead atoms. The number of alkyl halides is 1. The monoisotopic (exact) mass is 267 g/mol. The average molecular weight is 268 g/mol. The number of hydrogen-bond acceptors (Lipinski definition) is 3. The lowest BCUT2D eigenvalue weighted by atomic mass is 10.3. The van der Waals surface area contributed by atoms with E-state index >= 15 is 0 Å². The largest absolute Gasteiger partial charge is 0.385 e. The highest BCUT2D eigenvalue weighted by atomic mass is 35.5. The van der Waals surface area contributed by atoms with E-state index in [0.717, 1.165) is 42.9 Å². The quantitative estimate of drug-likeness (QED) is 0.596. The molecule has 0 saturated carbocycles. The summed E-state index contributed by atoms with van der Waals surface area (Å²) in [4.78, 5) is 8.65. The van der Waals surface area contributed by atoms with Crippen LogP contribution in [0, 0.1) is 0 Å². The third kappa shape index (κ3) is 2.82. The number of aryl methyl sites for hydroxylation is 1. The molecule has 0 N–H and O–H groups in total. The van der Waals surface area contributed by atoms with Gasteiger partial charge in [0, 0.05) is 26.5 Å². The van der Waals surface area contributed by atoms with E-state index in [1.54, 1.807) is 19.5 Å². The van der Waals surface area contributed by atoms with Gasteiger partial charge in [0.15, 0.2) is 0 Å². The van der Waals surface area contributed by atoms with Crippen LogP contribution in [0.25, 0.3) is 11.0 Å². The highest BCUT2D eigenvalue weighted by Gasteiger charge is 2.14. The first-order chi connectivity index (χ1) is 8.74. The summed E-state index contributed by atoms with van der Waals surface area (Å²) in [5.41, 5.74) is 2.01. The third-order valence-corrected chi connectivity index (χ3v) is 3.11. The second-order valence-corrected chi connectivity index (χ2v) is 4.96. The van der Waals surface area contributed by atoms with Gasteiger partial charge >= 0.3 is 0 Å². The Morgan fingerprint density at radius 3 is 3.00 bits per heavy atom. The molecule has 2 rings (SSSR count). The SMILES string of the molecule is COCCCCn1c(C(C)Cl)nc2cnccc21. The maximum atomic E-state index is 6.19. The second-order valence-electron chi connectivity index (χ2n) is 4.30. The van der Waals surface area contributed by atoms with Gasteiger partial charge in [-0.1, -0.05) is 0 Å². The Labute approximate surface area is 112 Å². The van der Waals surface area contributed by atoms with Crippen molar-refractivity contribution < 1.29 is 4.74 Å². The van der Waals surface area contributed by atoms with Crippen LogP contribution in [0.2, 0.25) is 0 Å². The first-order valence-electron chi connectivity index (χ1n) is 6.17. The zero-order valence-corrected chi connectivity index (χ0v) is 11.5. The van der Waals surface area contributed by atoms with Gasteiger partial charge in [-0.3, -0.25) is 4.98 Å². The van der Waals surface area contributed by atoms with E-state index in [1.807, 2.05) is 13.0 Å². The number of hydrogen-bond donors (Lipinski definition) is 0. The molecule has 1 unspecified atom stereocenters. The van der Waals surface area contributed by atoms with Gasteiger partial charge in [0.1, 0.15) is 11.3 Å². The summed E-state index contributed by atoms with van der Waals surface area (Å²) in [6.45, 7) is 3.65. The van der Waals surface area contributed by atoms with Crippen LogP contribution in [0.4, 0.5) is 0 Å². The summed E-state index contributed by atoms with van der Waals surface area (Å²) in [6, 6.07) is 1.99. The number of ether oxygens (including phenoxy) is 1. The van der Waals surface area contributed by atoms with Gasteiger partial charge in [0.2, 0.25) is 0 Å². The molecule has 0 fully saturated rings. The molecule has 0 amide bonds. The first kappa shape index (κ1) is 13.3. The maximum absolute atomic E-state index is 6.19. The van der Waals surface area contributed by atoms with E-state index in [9.17, 15) is 0 Å². The standard InChI is InChI=1S/C13H18ClN3O/c1-10(14)13-16-11-9-15-6-5-12(11)17(13)7-3-4-8-18-2/h5-6,9-10H,3-4,7-8H2,1-2H3. The Balaban J connectivity index is 2.24. The normalized spacial score (nSPS) is 13.1. The number of nitrogens with zero attached hydrogens (tertiary/aromatic N) is 3. The van der Waals surface area contributed by atoms with Crippen LogP contribution in [0.3, 0.4) is 0 Å². The molecule has 4 nitrogen and oxygen atoms in total. The molecule has 0 aliphatic carbocycles. The van der Waals surface area contributed by atoms with E-state index in [2.05, 4.69) is 14.5 Å². The molecule has 5 heteroatoms. The zero-order valence-electron chi connectivity index (χ0n) is 10.8. The van der Waals surface area contributed by atoms with Crippen LogP contribution in [0.1, 0.15) is 31.0 Å². The lowest BCUT2D eigenvalue weighted by Crippen LogP contribution is -2.05. The van der Waals surface area contributed by atoms with Crippen LogP contribution in [0.5, 0.6) is 0 Å². The number of halogens is 1. The summed E-state index contributed by atoms with van der Waals surface area (Å²) in [5.74, 6) is 0.914. The predicted molar refractivity (Wildman–Crippen MR) is 72.9 cm³/mol. The van der Waals surface area contributed by atoms with Crippen molar-refractivity contribution in [2.24, 2.45) is 0 Å². The van der Waals surface area contributed by atoms with E-state index in [4.69, 9.17) is 16.3 Å². The maximum Gasteiger partial charge on any atom is 0.127 e. The predicted octanol–water partition coefficient (Wildman–Crippen LogP) is 3.16. The number of pyridine rings is 1. The van der Waals surface area contributed by atoms with Crippen molar-refractivity contribution in [1.82, 2.24) is 14.5 Å². The van der Waals surface area contributed by atoms with E-state index in [1.165, 1.54) is 0 Å². The minimum absolute atomic E-state index is 0.0974. The average Bonchev–Trinajstić information content (AvgIpc) is 2.74. The first-order valence-corrected chi connectivity index (χ1v) is 6.61. The van der Waals surface area contributed by atoms with Gasteiger partial charge in [-0.15, -0.1) is 11.6 Å². The molecule has 0 saturated heterocycles. The number of aromatic nitrogens is 3. The molecule has 0 aliphatic heterocycles. The molecular formula is C13H18ClN3O. The number of unbranched alkanes of at least 4 members (excludes halogenated alkanes) is 1. The van der Waals surface area contributed by atoms with Gasteiger partial charge in [-0.25, -0.2) is 4.98 Å². The topological polar surface area (TPSA) is 39.9 Å². The van der Waals surface area contributed by atoms with Gasteiger partial charge < -0.3 is 9.30 Å². The fourth-order valence-corrected chi connectivity index (χ4v) is 2.22. The van der Waals surface area contributed by atoms with Crippen LogP contribution in [0.15, 0.2) is 18.5 Å². The van der Waals surface area contributed by atoms with Crippen LogP contribution >= 0.6 is 11.6 Å². The second kappa shape index (κ2) is 6.16. The van der Waals surface area contributed by atoms with Crippen molar-refractivity contribution in [1.29, 1.82) is 0 Å². The van der Waals surface area contributed by atoms with E-state index < -0.39 is 0 Å². The molecular weight excluding hydrogens is 250 g/mol. The Morgan fingerprint density at radius 1 is 1.44 bits per heavy atom. The highest BCUT2D eigenvalue weighted by molar-refractivity contribution is 6.20. The van der Waals surface area contributed by atoms with Crippen LogP contribution in [-0.2, 0) is 11.3 Å². The van der Waals surface area contributed by atoms with Gasteiger partial charge in [-0.2, -0.15) is 0 Å². The summed E-state index contributed by atoms with van der Waals surface area (Å²) in [6.07, 6.45) is 5.66. The number of methoxy groups -OCH3 is 1. The lowest BCUT2D eigenvalue weighted by molar-refractivity contribution is 0.191. The smallest absolute Gasteiger partial charge is 0.127 e. The fourth-order valence-electron chi connectivity index (χ4n) is 2.06. The van der Waals surface area contributed by atoms with Gasteiger partial charge in [0.05, 0.1) is 17.1 Å². The molecule has 0 aromatic carbocycles. The zero-order chi connectivity index (χ0) is 13.0. The van der Waals surface area contributed by atoms with Crippen molar-refractivity contribution in [3.63, 3.8) is 0 Å². The van der Waals surface area contributed by atoms with E-state index in [0.29, 0.717) is 0 Å². The highest BCUT2D eigenvalue weighted by Crippen LogP contribution is 2.24. The lowest BCUT2D eigenvalue weighted by Gasteiger charge is -2.10. The Kier molecular flexibility index (Phi) is 4.55. The van der Waals surface area contributed by atoms with Gasteiger partial charge in [-0.05, 0) is 25.8 Å². The Morgan fingerprint density at radius 2 is 2.28 bits per heavy atom. The van der Waals surface area contributed by atoms with E-state index in [-0.39, 0.29) is 5.38 Å². The minimum Gasteiger partial charge on any atom is -0.385 e. The van der Waals surface area contributed by atoms with Crippen LogP contribution in [-0.4, -0.2) is 28.3 Å². The number of fused-ring (bicyclic) bond motifs is 1. The summed E-state index contributed by atoms with van der Waals surface area (Å²) < 4.78 is 7.25. The molecule has 18 heavy (non-hydrogen) atoms. The minimum atomic E-state index is -0.0974. The molecule has 2 heterocycles. The van der Waals surface area contributed by atoms with Crippen LogP contribution < -0.4 is 0 Å². The number of imidazole rings is 1. The molecule has 2 aromatic rings. The van der Waals surface area contributed by atoms with Crippen molar-refractivity contribution in [3.05, 3.63) is 24.3 Å². The molecule has 98 valence electrons. The molecule has 1 atom stereocenters. The van der Waals surface area contributed by atoms with Crippen molar-refractivity contribution in [2.45, 2.75) is 31.7 Å². The molecule has 0 aliphatic rings. The third-order valence-electron chi connectivity index (χ3n) is 2.92. The fraction of sp³-hybridized carbons (Fsp3) is 0.538. The van der Waals surface area contributed by atoms with Crippen molar-refractivity contribution in [2.75, 3.05) is 13.7 Å². The van der Waals surface area contributed by atoms with Crippen molar-refractivity contribution >= 4 is 22.6 Å². The van der Waals surface area contributed by atoms with Gasteiger partial charge in [0.25, 0.3) is 0 Å². The molecule has 2 aromatic heterocycles. The molecule has 0 spiro atoms. The molecule has 0 radical (unpaired) electrons. The van der Waals surface area contributed by atoms with Crippen molar-refractivity contribution in [3.8, 4) is 0 Å².